The van der Waals surface area contributed by atoms with Crippen LogP contribution in [0.3, 0.4) is 0 Å². The fourth-order valence-corrected chi connectivity index (χ4v) is 3.38. The summed E-state index contributed by atoms with van der Waals surface area (Å²) < 4.78 is 5.90. The molecule has 1 N–H and O–H groups in total. The molecule has 0 fully saturated rings. The third kappa shape index (κ3) is 2.45. The molecule has 2 atom stereocenters. The zero-order valence-electron chi connectivity index (χ0n) is 12.4. The Bertz CT molecular complexity index is 661. The van der Waals surface area contributed by atoms with Gasteiger partial charge in [-0.05, 0) is 43.9 Å². The smallest absolute Gasteiger partial charge is 0.134 e. The van der Waals surface area contributed by atoms with E-state index >= 15 is 0 Å². The minimum absolute atomic E-state index is 0.177. The number of rotatable bonds is 2. The van der Waals surface area contributed by atoms with Crippen LogP contribution in [0, 0.1) is 18.3 Å². The standard InChI is InChI=1S/C19H20O2/c1-4-5-6-14-10-17(20)19-16-9-12(2)7-8-15(16)13(3)21-18(19)11-14/h1,9-11,15-16,20H,3,5-8H2,2H3/t15-,16?/m0/s1. The summed E-state index contributed by atoms with van der Waals surface area (Å²) in [6.45, 7) is 6.22. The second-order valence-corrected chi connectivity index (χ2v) is 5.98. The monoisotopic (exact) mass is 280 g/mol. The van der Waals surface area contributed by atoms with E-state index in [2.05, 4.69) is 25.5 Å². The molecule has 1 aromatic carbocycles. The van der Waals surface area contributed by atoms with Gasteiger partial charge in [0.2, 0.25) is 0 Å². The van der Waals surface area contributed by atoms with Crippen molar-refractivity contribution in [3.63, 3.8) is 0 Å². The van der Waals surface area contributed by atoms with Gasteiger partial charge in [0.1, 0.15) is 17.3 Å². The van der Waals surface area contributed by atoms with Gasteiger partial charge in [0.05, 0.1) is 0 Å². The predicted octanol–water partition coefficient (Wildman–Crippen LogP) is 4.30. The van der Waals surface area contributed by atoms with Gasteiger partial charge in [-0.2, -0.15) is 0 Å². The average molecular weight is 280 g/mol. The molecular weight excluding hydrogens is 260 g/mol. The zero-order chi connectivity index (χ0) is 15.0. The van der Waals surface area contributed by atoms with Crippen LogP contribution in [-0.2, 0) is 6.42 Å². The summed E-state index contributed by atoms with van der Waals surface area (Å²) in [5.41, 5.74) is 3.27. The summed E-state index contributed by atoms with van der Waals surface area (Å²) in [6, 6.07) is 3.81. The van der Waals surface area contributed by atoms with E-state index in [0.29, 0.717) is 12.2 Å². The lowest BCUT2D eigenvalue weighted by atomic mass is 9.74. The first-order valence-corrected chi connectivity index (χ1v) is 7.43. The Labute approximate surface area is 126 Å². The third-order valence-corrected chi connectivity index (χ3v) is 4.47. The highest BCUT2D eigenvalue weighted by molar-refractivity contribution is 5.54. The molecule has 3 rings (SSSR count). The molecule has 2 heteroatoms. The second-order valence-electron chi connectivity index (χ2n) is 5.98. The van der Waals surface area contributed by atoms with Gasteiger partial charge in [-0.3, -0.25) is 0 Å². The van der Waals surface area contributed by atoms with Gasteiger partial charge in [0, 0.05) is 23.8 Å². The summed E-state index contributed by atoms with van der Waals surface area (Å²) in [5, 5.41) is 10.5. The minimum Gasteiger partial charge on any atom is -0.507 e. The van der Waals surface area contributed by atoms with Crippen molar-refractivity contribution in [2.75, 3.05) is 0 Å². The number of fused-ring (bicyclic) bond motifs is 3. The molecule has 0 spiro atoms. The maximum atomic E-state index is 10.5. The van der Waals surface area contributed by atoms with Crippen LogP contribution in [0.2, 0.25) is 0 Å². The van der Waals surface area contributed by atoms with Gasteiger partial charge in [-0.1, -0.05) is 18.2 Å². The first-order valence-electron chi connectivity index (χ1n) is 7.43. The van der Waals surface area contributed by atoms with E-state index in [4.69, 9.17) is 11.2 Å². The normalized spacial score (nSPS) is 23.4. The molecule has 1 unspecified atom stereocenters. The van der Waals surface area contributed by atoms with Crippen LogP contribution in [0.1, 0.15) is 43.2 Å². The lowest BCUT2D eigenvalue weighted by Gasteiger charge is -2.37. The SMILES string of the molecule is C#CCCc1cc(O)c2c(c1)OC(=C)[C@@H]1CCC(C)=CC21. The van der Waals surface area contributed by atoms with Gasteiger partial charge >= 0.3 is 0 Å². The lowest BCUT2D eigenvalue weighted by Crippen LogP contribution is -2.25. The highest BCUT2D eigenvalue weighted by Gasteiger charge is 2.36. The molecule has 1 aliphatic carbocycles. The molecule has 0 aromatic heterocycles. The largest absolute Gasteiger partial charge is 0.507 e. The van der Waals surface area contributed by atoms with E-state index in [0.717, 1.165) is 41.9 Å². The van der Waals surface area contributed by atoms with E-state index in [1.165, 1.54) is 5.57 Å². The molecule has 0 bridgehead atoms. The van der Waals surface area contributed by atoms with Gasteiger partial charge in [-0.15, -0.1) is 12.3 Å². The third-order valence-electron chi connectivity index (χ3n) is 4.47. The number of hydrogen-bond donors (Lipinski definition) is 1. The van der Waals surface area contributed by atoms with Gasteiger partial charge in [0.15, 0.2) is 0 Å². The van der Waals surface area contributed by atoms with Crippen molar-refractivity contribution < 1.29 is 9.84 Å². The number of terminal acetylenes is 1. The van der Waals surface area contributed by atoms with Crippen molar-refractivity contribution in [3.05, 3.63) is 47.2 Å². The van der Waals surface area contributed by atoms with Crippen molar-refractivity contribution in [1.29, 1.82) is 0 Å². The molecule has 21 heavy (non-hydrogen) atoms. The Morgan fingerprint density at radius 2 is 2.29 bits per heavy atom. The summed E-state index contributed by atoms with van der Waals surface area (Å²) >= 11 is 0. The Kier molecular flexibility index (Phi) is 3.51. The highest BCUT2D eigenvalue weighted by Crippen LogP contribution is 2.51. The van der Waals surface area contributed by atoms with E-state index in [-0.39, 0.29) is 11.8 Å². The molecule has 0 amide bonds. The van der Waals surface area contributed by atoms with E-state index in [1.807, 2.05) is 12.1 Å². The molecule has 108 valence electrons. The minimum atomic E-state index is 0.177. The van der Waals surface area contributed by atoms with Crippen molar-refractivity contribution in [3.8, 4) is 23.8 Å². The predicted molar refractivity (Wildman–Crippen MR) is 84.3 cm³/mol. The Morgan fingerprint density at radius 3 is 3.05 bits per heavy atom. The fraction of sp³-hybridized carbons (Fsp3) is 0.368. The summed E-state index contributed by atoms with van der Waals surface area (Å²) in [7, 11) is 0. The molecule has 1 aromatic rings. The van der Waals surface area contributed by atoms with E-state index in [1.54, 1.807) is 0 Å². The average Bonchev–Trinajstić information content (AvgIpc) is 2.44. The Morgan fingerprint density at radius 1 is 1.48 bits per heavy atom. The number of ether oxygens (including phenoxy) is 1. The summed E-state index contributed by atoms with van der Waals surface area (Å²) in [5.74, 6) is 4.93. The topological polar surface area (TPSA) is 29.5 Å². The quantitative estimate of drug-likeness (QED) is 0.646. The van der Waals surface area contributed by atoms with Crippen LogP contribution < -0.4 is 4.74 Å². The van der Waals surface area contributed by atoms with E-state index in [9.17, 15) is 5.11 Å². The molecule has 1 heterocycles. The molecule has 0 saturated heterocycles. The zero-order valence-corrected chi connectivity index (χ0v) is 12.4. The maximum Gasteiger partial charge on any atom is 0.134 e. The maximum absolute atomic E-state index is 10.5. The van der Waals surface area contributed by atoms with Gasteiger partial charge in [-0.25, -0.2) is 0 Å². The number of phenols is 1. The number of hydrogen-bond acceptors (Lipinski definition) is 2. The highest BCUT2D eigenvalue weighted by atomic mass is 16.5. The number of aryl methyl sites for hydroxylation is 1. The van der Waals surface area contributed by atoms with Gasteiger partial charge < -0.3 is 9.84 Å². The second kappa shape index (κ2) is 5.33. The van der Waals surface area contributed by atoms with Crippen LogP contribution in [0.15, 0.2) is 36.1 Å². The first kappa shape index (κ1) is 13.8. The Hall–Kier alpha value is -2.14. The molecule has 1 aliphatic heterocycles. The fourth-order valence-electron chi connectivity index (χ4n) is 3.38. The summed E-state index contributed by atoms with van der Waals surface area (Å²) in [4.78, 5) is 0. The van der Waals surface area contributed by atoms with Crippen molar-refractivity contribution in [2.45, 2.75) is 38.5 Å². The molecule has 0 radical (unpaired) electrons. The van der Waals surface area contributed by atoms with E-state index < -0.39 is 0 Å². The lowest BCUT2D eigenvalue weighted by molar-refractivity contribution is 0.275. The van der Waals surface area contributed by atoms with Gasteiger partial charge in [0.25, 0.3) is 0 Å². The number of phenolic OH excluding ortho intramolecular Hbond substituents is 1. The number of aromatic hydroxyl groups is 1. The van der Waals surface area contributed by atoms with Crippen molar-refractivity contribution in [2.24, 2.45) is 5.92 Å². The number of benzene rings is 1. The molecule has 2 aliphatic rings. The van der Waals surface area contributed by atoms with Crippen LogP contribution in [-0.4, -0.2) is 5.11 Å². The van der Waals surface area contributed by atoms with Crippen LogP contribution in [0.5, 0.6) is 11.5 Å². The van der Waals surface area contributed by atoms with Crippen LogP contribution >= 0.6 is 0 Å². The van der Waals surface area contributed by atoms with Crippen LogP contribution in [0.25, 0.3) is 0 Å². The molecule has 2 nitrogen and oxygen atoms in total. The van der Waals surface area contributed by atoms with Crippen molar-refractivity contribution >= 4 is 0 Å². The Balaban J connectivity index is 2.06. The van der Waals surface area contributed by atoms with Crippen LogP contribution in [0.4, 0.5) is 0 Å². The summed E-state index contributed by atoms with van der Waals surface area (Å²) in [6.07, 6.45) is 11.1. The molecular formula is C19H20O2. The van der Waals surface area contributed by atoms with Crippen molar-refractivity contribution in [1.82, 2.24) is 0 Å². The first-order chi connectivity index (χ1) is 10.1. The number of allylic oxidation sites excluding steroid dienone is 3. The molecule has 0 saturated carbocycles.